The Morgan fingerprint density at radius 3 is 2.25 bits per heavy atom. The van der Waals surface area contributed by atoms with Crippen LogP contribution in [0.4, 0.5) is 0 Å². The lowest BCUT2D eigenvalue weighted by atomic mass is 9.76. The van der Waals surface area contributed by atoms with E-state index in [1.807, 2.05) is 0 Å². The van der Waals surface area contributed by atoms with Crippen molar-refractivity contribution in [2.24, 2.45) is 5.41 Å². The Hall–Kier alpha value is -0.0800. The van der Waals surface area contributed by atoms with Crippen molar-refractivity contribution in [1.82, 2.24) is 5.32 Å². The highest BCUT2D eigenvalue weighted by atomic mass is 16.5. The van der Waals surface area contributed by atoms with Crippen LogP contribution in [0.25, 0.3) is 0 Å². The van der Waals surface area contributed by atoms with Crippen LogP contribution in [0.1, 0.15) is 58.8 Å². The van der Waals surface area contributed by atoms with Gasteiger partial charge < -0.3 is 10.1 Å². The smallest absolute Gasteiger partial charge is 0.0462 e. The summed E-state index contributed by atoms with van der Waals surface area (Å²) in [6, 6.07) is 0. The third-order valence-corrected chi connectivity index (χ3v) is 3.67. The van der Waals surface area contributed by atoms with E-state index in [-0.39, 0.29) is 0 Å². The summed E-state index contributed by atoms with van der Waals surface area (Å²) in [6.45, 7) is 6.69. The van der Waals surface area contributed by atoms with Gasteiger partial charge in [-0.3, -0.25) is 0 Å². The molecule has 0 aromatic heterocycles. The highest BCUT2D eigenvalue weighted by Crippen LogP contribution is 2.33. The predicted octanol–water partition coefficient (Wildman–Crippen LogP) is 3.61. The third-order valence-electron chi connectivity index (χ3n) is 3.67. The maximum atomic E-state index is 5.12. The SMILES string of the molecule is CCCCC(CC)(CCCCOC)CNC. The number of hydrogen-bond donors (Lipinski definition) is 1. The molecular formula is C14H31NO. The Balaban J connectivity index is 4.04. The van der Waals surface area contributed by atoms with Crippen LogP contribution in [-0.2, 0) is 4.74 Å². The summed E-state index contributed by atoms with van der Waals surface area (Å²) in [5, 5.41) is 3.38. The second-order valence-electron chi connectivity index (χ2n) is 4.94. The molecule has 1 N–H and O–H groups in total. The van der Waals surface area contributed by atoms with E-state index < -0.39 is 0 Å². The van der Waals surface area contributed by atoms with Crippen LogP contribution in [0.15, 0.2) is 0 Å². The normalized spacial score (nSPS) is 15.0. The highest BCUT2D eigenvalue weighted by molar-refractivity contribution is 4.79. The lowest BCUT2D eigenvalue weighted by molar-refractivity contribution is 0.171. The lowest BCUT2D eigenvalue weighted by Crippen LogP contribution is -2.32. The van der Waals surface area contributed by atoms with Gasteiger partial charge in [-0.05, 0) is 38.1 Å². The molecule has 0 fully saturated rings. The monoisotopic (exact) mass is 229 g/mol. The molecule has 0 heterocycles. The number of unbranched alkanes of at least 4 members (excludes halogenated alkanes) is 2. The van der Waals surface area contributed by atoms with Crippen molar-refractivity contribution in [3.63, 3.8) is 0 Å². The van der Waals surface area contributed by atoms with Crippen molar-refractivity contribution in [2.75, 3.05) is 27.3 Å². The Morgan fingerprint density at radius 2 is 1.75 bits per heavy atom. The molecule has 0 bridgehead atoms. The van der Waals surface area contributed by atoms with Crippen molar-refractivity contribution in [3.8, 4) is 0 Å². The van der Waals surface area contributed by atoms with Crippen molar-refractivity contribution in [1.29, 1.82) is 0 Å². The van der Waals surface area contributed by atoms with Gasteiger partial charge in [-0.25, -0.2) is 0 Å². The molecule has 0 saturated heterocycles. The summed E-state index contributed by atoms with van der Waals surface area (Å²) in [7, 11) is 3.86. The topological polar surface area (TPSA) is 21.3 Å². The third kappa shape index (κ3) is 6.49. The largest absolute Gasteiger partial charge is 0.385 e. The van der Waals surface area contributed by atoms with E-state index in [1.54, 1.807) is 7.11 Å². The lowest BCUT2D eigenvalue weighted by Gasteiger charge is -2.33. The molecule has 0 aliphatic carbocycles. The van der Waals surface area contributed by atoms with Crippen LogP contribution in [0, 0.1) is 5.41 Å². The Kier molecular flexibility index (Phi) is 10.0. The van der Waals surface area contributed by atoms with E-state index in [1.165, 1.54) is 44.9 Å². The van der Waals surface area contributed by atoms with Gasteiger partial charge in [0.25, 0.3) is 0 Å². The van der Waals surface area contributed by atoms with E-state index in [4.69, 9.17) is 4.74 Å². The molecular weight excluding hydrogens is 198 g/mol. The second-order valence-corrected chi connectivity index (χ2v) is 4.94. The molecule has 0 rings (SSSR count). The van der Waals surface area contributed by atoms with Gasteiger partial charge in [-0.2, -0.15) is 0 Å². The zero-order valence-corrected chi connectivity index (χ0v) is 11.8. The molecule has 0 aromatic rings. The van der Waals surface area contributed by atoms with E-state index in [9.17, 15) is 0 Å². The number of hydrogen-bond acceptors (Lipinski definition) is 2. The summed E-state index contributed by atoms with van der Waals surface area (Å²) < 4.78 is 5.12. The summed E-state index contributed by atoms with van der Waals surface area (Å²) in [4.78, 5) is 0. The Bertz CT molecular complexity index is 150. The molecule has 98 valence electrons. The minimum atomic E-state index is 0.526. The minimum absolute atomic E-state index is 0.526. The maximum Gasteiger partial charge on any atom is 0.0462 e. The molecule has 0 aromatic carbocycles. The standard InChI is InChI=1S/C14H31NO/c1-5-7-10-14(6-2,13-15-3)11-8-9-12-16-4/h15H,5-13H2,1-4H3. The number of ether oxygens (including phenoxy) is 1. The molecule has 1 atom stereocenters. The zero-order valence-electron chi connectivity index (χ0n) is 11.8. The van der Waals surface area contributed by atoms with Crippen molar-refractivity contribution < 1.29 is 4.74 Å². The fourth-order valence-corrected chi connectivity index (χ4v) is 2.45. The van der Waals surface area contributed by atoms with Crippen LogP contribution in [0.2, 0.25) is 0 Å². The molecule has 16 heavy (non-hydrogen) atoms. The van der Waals surface area contributed by atoms with Crippen LogP contribution in [0.5, 0.6) is 0 Å². The summed E-state index contributed by atoms with van der Waals surface area (Å²) in [5.41, 5.74) is 0.526. The quantitative estimate of drug-likeness (QED) is 0.546. The summed E-state index contributed by atoms with van der Waals surface area (Å²) in [5.74, 6) is 0. The van der Waals surface area contributed by atoms with Gasteiger partial charge >= 0.3 is 0 Å². The van der Waals surface area contributed by atoms with Gasteiger partial charge in [-0.15, -0.1) is 0 Å². The molecule has 0 radical (unpaired) electrons. The number of rotatable bonds is 11. The van der Waals surface area contributed by atoms with Gasteiger partial charge in [0.2, 0.25) is 0 Å². The summed E-state index contributed by atoms with van der Waals surface area (Å²) >= 11 is 0. The Labute approximate surface area is 102 Å². The van der Waals surface area contributed by atoms with Crippen LogP contribution >= 0.6 is 0 Å². The first-order valence-electron chi connectivity index (χ1n) is 6.88. The fraction of sp³-hybridized carbons (Fsp3) is 1.00. The molecule has 0 aliphatic rings. The van der Waals surface area contributed by atoms with E-state index in [2.05, 4.69) is 26.2 Å². The second kappa shape index (κ2) is 10.1. The van der Waals surface area contributed by atoms with Crippen LogP contribution < -0.4 is 5.32 Å². The van der Waals surface area contributed by atoms with Gasteiger partial charge in [0.05, 0.1) is 0 Å². The van der Waals surface area contributed by atoms with Crippen LogP contribution in [0.3, 0.4) is 0 Å². The van der Waals surface area contributed by atoms with Gasteiger partial charge in [0.15, 0.2) is 0 Å². The molecule has 1 unspecified atom stereocenters. The van der Waals surface area contributed by atoms with E-state index >= 15 is 0 Å². The first-order valence-corrected chi connectivity index (χ1v) is 6.88. The Morgan fingerprint density at radius 1 is 1.06 bits per heavy atom. The van der Waals surface area contributed by atoms with E-state index in [0.29, 0.717) is 5.41 Å². The average molecular weight is 229 g/mol. The molecule has 2 nitrogen and oxygen atoms in total. The molecule has 0 amide bonds. The predicted molar refractivity (Wildman–Crippen MR) is 71.9 cm³/mol. The number of nitrogens with one attached hydrogen (secondary N) is 1. The average Bonchev–Trinajstić information content (AvgIpc) is 2.31. The van der Waals surface area contributed by atoms with Gasteiger partial charge in [0.1, 0.15) is 0 Å². The summed E-state index contributed by atoms with van der Waals surface area (Å²) in [6.07, 6.45) is 9.17. The first-order chi connectivity index (χ1) is 7.74. The maximum absolute atomic E-state index is 5.12. The van der Waals surface area contributed by atoms with Crippen molar-refractivity contribution in [3.05, 3.63) is 0 Å². The fourth-order valence-electron chi connectivity index (χ4n) is 2.45. The van der Waals surface area contributed by atoms with E-state index in [0.717, 1.165) is 13.2 Å². The highest BCUT2D eigenvalue weighted by Gasteiger charge is 2.25. The molecule has 0 aliphatic heterocycles. The number of methoxy groups -OCH3 is 1. The molecule has 0 spiro atoms. The molecule has 2 heteroatoms. The molecule has 0 saturated carbocycles. The van der Waals surface area contributed by atoms with Gasteiger partial charge in [-0.1, -0.05) is 33.1 Å². The first kappa shape index (κ1) is 15.9. The van der Waals surface area contributed by atoms with Gasteiger partial charge in [0, 0.05) is 20.3 Å². The minimum Gasteiger partial charge on any atom is -0.385 e. The zero-order chi connectivity index (χ0) is 12.3. The van der Waals surface area contributed by atoms with Crippen LogP contribution in [-0.4, -0.2) is 27.3 Å². The van der Waals surface area contributed by atoms with Crippen molar-refractivity contribution in [2.45, 2.75) is 58.8 Å². The van der Waals surface area contributed by atoms with Crippen molar-refractivity contribution >= 4 is 0 Å².